The molecule has 27 heavy (non-hydrogen) atoms. The molecule has 3 atom stereocenters. The minimum absolute atomic E-state index is 0.0376. The van der Waals surface area contributed by atoms with Crippen molar-refractivity contribution >= 4 is 17.5 Å². The number of hydrogen-bond donors (Lipinski definition) is 2. The molecular weight excluding hydrogens is 342 g/mol. The highest BCUT2D eigenvalue weighted by Gasteiger charge is 2.26. The Kier molecular flexibility index (Phi) is 6.77. The Labute approximate surface area is 162 Å². The summed E-state index contributed by atoms with van der Waals surface area (Å²) in [6.45, 7) is 4.43. The average Bonchev–Trinajstić information content (AvgIpc) is 3.09. The molecule has 150 valence electrons. The number of urea groups is 1. The van der Waals surface area contributed by atoms with Gasteiger partial charge in [-0.3, -0.25) is 0 Å². The lowest BCUT2D eigenvalue weighted by Gasteiger charge is -2.26. The van der Waals surface area contributed by atoms with Gasteiger partial charge >= 0.3 is 6.03 Å². The summed E-state index contributed by atoms with van der Waals surface area (Å²) in [7, 11) is 3.97. The second kappa shape index (κ2) is 9.26. The third kappa shape index (κ3) is 5.48. The number of pyridine rings is 1. The van der Waals surface area contributed by atoms with Gasteiger partial charge in [-0.05, 0) is 51.2 Å². The van der Waals surface area contributed by atoms with Crippen LogP contribution in [0, 0.1) is 0 Å². The zero-order valence-electron chi connectivity index (χ0n) is 16.8. The van der Waals surface area contributed by atoms with Gasteiger partial charge in [0.25, 0.3) is 0 Å². The van der Waals surface area contributed by atoms with Crippen molar-refractivity contribution in [2.24, 2.45) is 0 Å². The van der Waals surface area contributed by atoms with Gasteiger partial charge in [-0.1, -0.05) is 0 Å². The van der Waals surface area contributed by atoms with Gasteiger partial charge in [-0.15, -0.1) is 0 Å². The predicted octanol–water partition coefficient (Wildman–Crippen LogP) is 2.69. The quantitative estimate of drug-likeness (QED) is 0.828. The fourth-order valence-electron chi connectivity index (χ4n) is 3.79. The summed E-state index contributed by atoms with van der Waals surface area (Å²) in [5, 5.41) is 6.70. The maximum Gasteiger partial charge on any atom is 0.317 e. The summed E-state index contributed by atoms with van der Waals surface area (Å²) in [5.74, 6) is 0.949. The maximum absolute atomic E-state index is 12.6. The first-order chi connectivity index (χ1) is 13.0. The van der Waals surface area contributed by atoms with Gasteiger partial charge in [0.1, 0.15) is 5.82 Å². The lowest BCUT2D eigenvalue weighted by Crippen LogP contribution is -2.48. The Hall–Kier alpha value is -2.02. The summed E-state index contributed by atoms with van der Waals surface area (Å²) >= 11 is 0. The predicted molar refractivity (Wildman–Crippen MR) is 108 cm³/mol. The molecule has 0 spiro atoms. The molecule has 7 heteroatoms. The Bertz CT molecular complexity index is 601. The summed E-state index contributed by atoms with van der Waals surface area (Å²) in [6, 6.07) is 4.56. The molecule has 2 amide bonds. The number of ether oxygens (including phenoxy) is 1. The van der Waals surface area contributed by atoms with E-state index in [1.165, 1.54) is 0 Å². The molecule has 2 fully saturated rings. The monoisotopic (exact) mass is 375 g/mol. The molecule has 2 N–H and O–H groups in total. The molecule has 2 aliphatic rings. The lowest BCUT2D eigenvalue weighted by molar-refractivity contribution is 0.0834. The molecule has 3 heterocycles. The van der Waals surface area contributed by atoms with E-state index in [0.29, 0.717) is 6.04 Å². The number of carbonyl (C=O) groups excluding carboxylic acids is 1. The molecular formula is C20H33N5O2. The van der Waals surface area contributed by atoms with Gasteiger partial charge in [0.05, 0.1) is 24.0 Å². The second-order valence-electron chi connectivity index (χ2n) is 7.85. The highest BCUT2D eigenvalue weighted by Crippen LogP contribution is 2.19. The van der Waals surface area contributed by atoms with Crippen LogP contribution in [-0.4, -0.2) is 67.9 Å². The number of nitrogens with one attached hydrogen (secondary N) is 2. The van der Waals surface area contributed by atoms with Crippen molar-refractivity contribution in [1.29, 1.82) is 0 Å². The first-order valence-electron chi connectivity index (χ1n) is 10.1. The SMILES string of the molecule is C[C@H](NC(=O)N1CCC[C@@H](Nc2ccc(N(C)C)nc2)CC1)[C@@H]1CCCO1. The summed E-state index contributed by atoms with van der Waals surface area (Å²) in [6.07, 6.45) is 7.17. The first-order valence-corrected chi connectivity index (χ1v) is 10.1. The van der Waals surface area contributed by atoms with Crippen molar-refractivity contribution < 1.29 is 9.53 Å². The second-order valence-corrected chi connectivity index (χ2v) is 7.85. The highest BCUT2D eigenvalue weighted by molar-refractivity contribution is 5.74. The third-order valence-corrected chi connectivity index (χ3v) is 5.47. The van der Waals surface area contributed by atoms with E-state index < -0.39 is 0 Å². The van der Waals surface area contributed by atoms with Gasteiger partial charge in [0.15, 0.2) is 0 Å². The number of nitrogens with zero attached hydrogens (tertiary/aromatic N) is 3. The largest absolute Gasteiger partial charge is 0.381 e. The molecule has 0 unspecified atom stereocenters. The first kappa shape index (κ1) is 19.7. The fourth-order valence-corrected chi connectivity index (χ4v) is 3.79. The number of aromatic nitrogens is 1. The summed E-state index contributed by atoms with van der Waals surface area (Å²) in [4.78, 5) is 21.0. The third-order valence-electron chi connectivity index (χ3n) is 5.47. The standard InChI is InChI=1S/C20H33N5O2/c1-15(18-7-5-13-27-18)22-20(26)25-11-4-6-16(10-12-25)23-17-8-9-19(21-14-17)24(2)3/h8-9,14-16,18,23H,4-7,10-13H2,1-3H3,(H,22,26)/t15-,16+,18-/m0/s1. The topological polar surface area (TPSA) is 69.7 Å². The van der Waals surface area contributed by atoms with E-state index in [-0.39, 0.29) is 18.2 Å². The minimum Gasteiger partial charge on any atom is -0.381 e. The van der Waals surface area contributed by atoms with Crippen LogP contribution in [-0.2, 0) is 4.74 Å². The van der Waals surface area contributed by atoms with Gasteiger partial charge in [-0.25, -0.2) is 9.78 Å². The molecule has 1 aromatic rings. The molecule has 2 aliphatic heterocycles. The Balaban J connectivity index is 1.47. The zero-order valence-corrected chi connectivity index (χ0v) is 16.8. The molecule has 0 aliphatic carbocycles. The molecule has 7 nitrogen and oxygen atoms in total. The maximum atomic E-state index is 12.6. The van der Waals surface area contributed by atoms with Crippen LogP contribution in [0.1, 0.15) is 39.0 Å². The van der Waals surface area contributed by atoms with Crippen LogP contribution in [0.25, 0.3) is 0 Å². The van der Waals surface area contributed by atoms with E-state index in [2.05, 4.69) is 21.7 Å². The van der Waals surface area contributed by atoms with Gasteiger partial charge in [0.2, 0.25) is 0 Å². The Morgan fingerprint density at radius 1 is 1.26 bits per heavy atom. The molecule has 0 aromatic carbocycles. The Morgan fingerprint density at radius 2 is 2.11 bits per heavy atom. The van der Waals surface area contributed by atoms with E-state index in [4.69, 9.17) is 4.74 Å². The van der Waals surface area contributed by atoms with Crippen molar-refractivity contribution in [3.05, 3.63) is 18.3 Å². The number of carbonyl (C=O) groups is 1. The zero-order chi connectivity index (χ0) is 19.2. The van der Waals surface area contributed by atoms with E-state index in [1.807, 2.05) is 43.1 Å². The number of rotatable bonds is 5. The van der Waals surface area contributed by atoms with E-state index in [1.54, 1.807) is 0 Å². The number of hydrogen-bond acceptors (Lipinski definition) is 5. The molecule has 0 saturated carbocycles. The number of likely N-dealkylation sites (tertiary alicyclic amines) is 1. The van der Waals surface area contributed by atoms with Crippen LogP contribution in [0.5, 0.6) is 0 Å². The average molecular weight is 376 g/mol. The lowest BCUT2D eigenvalue weighted by atomic mass is 10.1. The minimum atomic E-state index is 0.0376. The van der Waals surface area contributed by atoms with Gasteiger partial charge in [-0.2, -0.15) is 0 Å². The van der Waals surface area contributed by atoms with Crippen LogP contribution in [0.4, 0.5) is 16.3 Å². The highest BCUT2D eigenvalue weighted by atomic mass is 16.5. The van der Waals surface area contributed by atoms with Crippen molar-refractivity contribution in [1.82, 2.24) is 15.2 Å². The van der Waals surface area contributed by atoms with Crippen molar-refractivity contribution in [2.45, 2.75) is 57.2 Å². The van der Waals surface area contributed by atoms with E-state index in [9.17, 15) is 4.79 Å². The van der Waals surface area contributed by atoms with E-state index >= 15 is 0 Å². The van der Waals surface area contributed by atoms with Crippen molar-refractivity contribution in [2.75, 3.05) is 44.0 Å². The van der Waals surface area contributed by atoms with E-state index in [0.717, 1.165) is 63.3 Å². The van der Waals surface area contributed by atoms with Crippen LogP contribution < -0.4 is 15.5 Å². The Morgan fingerprint density at radius 3 is 2.78 bits per heavy atom. The number of amides is 2. The smallest absolute Gasteiger partial charge is 0.317 e. The molecule has 1 aromatic heterocycles. The molecule has 0 bridgehead atoms. The molecule has 0 radical (unpaired) electrons. The van der Waals surface area contributed by atoms with Gasteiger partial charge < -0.3 is 25.2 Å². The van der Waals surface area contributed by atoms with Crippen molar-refractivity contribution in [3.63, 3.8) is 0 Å². The molecule has 2 saturated heterocycles. The summed E-state index contributed by atoms with van der Waals surface area (Å²) in [5.41, 5.74) is 1.04. The molecule has 3 rings (SSSR count). The van der Waals surface area contributed by atoms with Crippen LogP contribution in [0.3, 0.4) is 0 Å². The van der Waals surface area contributed by atoms with Crippen LogP contribution >= 0.6 is 0 Å². The van der Waals surface area contributed by atoms with Crippen LogP contribution in [0.15, 0.2) is 18.3 Å². The summed E-state index contributed by atoms with van der Waals surface area (Å²) < 4.78 is 5.68. The number of anilines is 2. The van der Waals surface area contributed by atoms with Crippen molar-refractivity contribution in [3.8, 4) is 0 Å². The van der Waals surface area contributed by atoms with Gasteiger partial charge in [0, 0.05) is 39.8 Å². The normalized spacial score (nSPS) is 24.2. The fraction of sp³-hybridized carbons (Fsp3) is 0.700. The van der Waals surface area contributed by atoms with Crippen LogP contribution in [0.2, 0.25) is 0 Å².